The van der Waals surface area contributed by atoms with Crippen molar-refractivity contribution in [2.45, 2.75) is 290 Å². The Morgan fingerprint density at radius 2 is 0.510 bits per heavy atom. The molecule has 0 fully saturated rings. The Morgan fingerprint density at radius 3 is 0.808 bits per heavy atom. The van der Waals surface area contributed by atoms with E-state index >= 15 is 0 Å². The summed E-state index contributed by atoms with van der Waals surface area (Å²) in [4.78, 5) is 72.9. The highest BCUT2D eigenvalue weighted by molar-refractivity contribution is 7.47. The minimum atomic E-state index is -5.02. The lowest BCUT2D eigenvalue weighted by Gasteiger charge is -2.21. The fourth-order valence-corrected chi connectivity index (χ4v) is 11.2. The molecule has 0 aromatic carbocycles. The van der Waals surface area contributed by atoms with Gasteiger partial charge in [0.25, 0.3) is 0 Å². The van der Waals surface area contributed by atoms with Crippen LogP contribution in [0.1, 0.15) is 272 Å². The molecule has 0 bridgehead atoms. The maximum absolute atomic E-state index is 13.1. The zero-order valence-corrected chi connectivity index (χ0v) is 65.9. The highest BCUT2D eigenvalue weighted by Crippen LogP contribution is 2.45. The van der Waals surface area contributed by atoms with Crippen LogP contribution in [0.4, 0.5) is 0 Å². The largest absolute Gasteiger partial charge is 0.472 e. The number of hydrogen-bond donors (Lipinski definition) is 3. The van der Waals surface area contributed by atoms with Crippen LogP contribution in [-0.4, -0.2) is 96.7 Å². The lowest BCUT2D eigenvalue weighted by Crippen LogP contribution is -2.30. The minimum Gasteiger partial charge on any atom is -0.462 e. The molecule has 17 nitrogen and oxygen atoms in total. The van der Waals surface area contributed by atoms with Gasteiger partial charge in [-0.1, -0.05) is 274 Å². The second-order valence-electron chi connectivity index (χ2n) is 25.1. The molecule has 19 heteroatoms. The predicted octanol–water partition coefficient (Wildman–Crippen LogP) is 22.8. The van der Waals surface area contributed by atoms with Gasteiger partial charge in [-0.3, -0.25) is 37.3 Å². The molecule has 0 amide bonds. The molecule has 3 N–H and O–H groups in total. The normalized spacial score (nSPS) is 14.9. The molecule has 0 saturated carbocycles. The number of esters is 4. The van der Waals surface area contributed by atoms with Crippen molar-refractivity contribution in [2.75, 3.05) is 39.6 Å². The molecule has 0 aliphatic heterocycles. The number of phosphoric ester groups is 2. The van der Waals surface area contributed by atoms with E-state index in [0.29, 0.717) is 25.7 Å². The first-order chi connectivity index (χ1) is 50.7. The van der Waals surface area contributed by atoms with E-state index in [1.54, 1.807) is 12.2 Å². The van der Waals surface area contributed by atoms with Gasteiger partial charge in [-0.05, 0) is 154 Å². The summed E-state index contributed by atoms with van der Waals surface area (Å²) in [5.74, 6) is -2.39. The first-order valence-corrected chi connectivity index (χ1v) is 42.0. The van der Waals surface area contributed by atoms with Crippen LogP contribution >= 0.6 is 15.6 Å². The molecular formula is C85H136O17P2. The summed E-state index contributed by atoms with van der Waals surface area (Å²) in [6.07, 6.45) is 90.5. The van der Waals surface area contributed by atoms with Crippen molar-refractivity contribution in [1.29, 1.82) is 0 Å². The Labute approximate surface area is 628 Å². The number of phosphoric acid groups is 2. The zero-order chi connectivity index (χ0) is 76.0. The fourth-order valence-electron chi connectivity index (χ4n) is 9.61. The second-order valence-corrected chi connectivity index (χ2v) is 28.0. The Morgan fingerprint density at radius 1 is 0.279 bits per heavy atom. The van der Waals surface area contributed by atoms with Crippen molar-refractivity contribution in [1.82, 2.24) is 0 Å². The lowest BCUT2D eigenvalue weighted by atomic mass is 10.1. The molecule has 5 atom stereocenters. The van der Waals surface area contributed by atoms with Crippen molar-refractivity contribution >= 4 is 39.5 Å². The van der Waals surface area contributed by atoms with Crippen molar-refractivity contribution in [3.05, 3.63) is 182 Å². The highest BCUT2D eigenvalue weighted by Gasteiger charge is 2.30. The summed E-state index contributed by atoms with van der Waals surface area (Å²) in [6, 6.07) is 0. The molecule has 588 valence electrons. The summed E-state index contributed by atoms with van der Waals surface area (Å²) in [6.45, 7) is 4.23. The summed E-state index contributed by atoms with van der Waals surface area (Å²) in [7, 11) is -10.0. The number of hydrogen-bond acceptors (Lipinski definition) is 15. The molecule has 0 saturated heterocycles. The van der Waals surface area contributed by atoms with Crippen LogP contribution in [0, 0.1) is 0 Å². The van der Waals surface area contributed by atoms with Crippen LogP contribution in [-0.2, 0) is 65.4 Å². The van der Waals surface area contributed by atoms with Gasteiger partial charge in [0.05, 0.1) is 32.8 Å². The Balaban J connectivity index is 5.48. The van der Waals surface area contributed by atoms with E-state index in [2.05, 4.69) is 186 Å². The van der Waals surface area contributed by atoms with Crippen LogP contribution in [0.25, 0.3) is 0 Å². The number of carbonyl (C=O) groups excluding carboxylic acids is 4. The third kappa shape index (κ3) is 74.4. The monoisotopic (exact) mass is 1490 g/mol. The lowest BCUT2D eigenvalue weighted by molar-refractivity contribution is -0.161. The van der Waals surface area contributed by atoms with Gasteiger partial charge in [0, 0.05) is 19.3 Å². The summed E-state index contributed by atoms with van der Waals surface area (Å²) >= 11 is 0. The Bertz CT molecular complexity index is 2690. The van der Waals surface area contributed by atoms with E-state index in [9.17, 15) is 43.2 Å². The zero-order valence-electron chi connectivity index (χ0n) is 64.1. The van der Waals surface area contributed by atoms with Gasteiger partial charge in [-0.25, -0.2) is 9.13 Å². The maximum Gasteiger partial charge on any atom is 0.472 e. The number of aliphatic hydroxyl groups excluding tert-OH is 1. The van der Waals surface area contributed by atoms with Crippen molar-refractivity contribution in [2.24, 2.45) is 0 Å². The van der Waals surface area contributed by atoms with E-state index < -0.39 is 97.5 Å². The number of rotatable bonds is 71. The molecular weight excluding hydrogens is 1350 g/mol. The quantitative estimate of drug-likeness (QED) is 0.0169. The number of aliphatic hydroxyl groups is 1. The van der Waals surface area contributed by atoms with Crippen LogP contribution in [0.15, 0.2) is 182 Å². The van der Waals surface area contributed by atoms with Gasteiger partial charge in [0.15, 0.2) is 12.2 Å². The van der Waals surface area contributed by atoms with Crippen LogP contribution < -0.4 is 0 Å². The standard InChI is InChI=1S/C85H136O17P2/c1-5-9-13-17-21-25-29-33-37-38-39-40-44-46-50-54-58-62-66-70-83(88)96-76-81(102-85(90)72-68-64-60-56-52-48-43-36-32-28-24-20-16-12-8-4)78-100-104(93,94)98-74-79(86)73-97-103(91,92)99-77-80(101-84(89)71-67-63-59-55-51-47-42-35-31-27-23-19-15-11-7-3)75-95-82(87)69-65-61-57-53-49-45-41-34-30-26-22-18-14-10-6-2/h9-16,21-28,33-37,39-43,52,56,64,68,79-81,86H,5-8,17-20,29-32,38,44-51,53-55,57-63,65-67,69-78H2,1-4H3,(H,91,92)(H,93,94)/b13-9-,14-10-,15-11-,16-12-,25-21-,26-22-,27-23-,28-24-,37-33-,40-39-,41-34-,42-35-,43-36-,56-52-,68-64-. The molecule has 0 aromatic rings. The van der Waals surface area contributed by atoms with Crippen molar-refractivity contribution < 1.29 is 80.2 Å². The van der Waals surface area contributed by atoms with Gasteiger partial charge < -0.3 is 33.8 Å². The van der Waals surface area contributed by atoms with Gasteiger partial charge in [0.1, 0.15) is 19.3 Å². The average Bonchev–Trinajstić information content (AvgIpc) is 0.999. The smallest absolute Gasteiger partial charge is 0.462 e. The van der Waals surface area contributed by atoms with Gasteiger partial charge in [-0.2, -0.15) is 0 Å². The van der Waals surface area contributed by atoms with E-state index in [-0.39, 0.29) is 25.7 Å². The summed E-state index contributed by atoms with van der Waals surface area (Å²) in [5, 5.41) is 10.6. The highest BCUT2D eigenvalue weighted by atomic mass is 31.2. The second kappa shape index (κ2) is 75.4. The van der Waals surface area contributed by atoms with E-state index in [0.717, 1.165) is 193 Å². The molecule has 0 radical (unpaired) electrons. The van der Waals surface area contributed by atoms with Gasteiger partial charge in [0.2, 0.25) is 0 Å². The number of carbonyl (C=O) groups is 4. The number of allylic oxidation sites excluding steroid dienone is 29. The van der Waals surface area contributed by atoms with Crippen LogP contribution in [0.3, 0.4) is 0 Å². The third-order valence-electron chi connectivity index (χ3n) is 15.4. The number of ether oxygens (including phenoxy) is 4. The molecule has 104 heavy (non-hydrogen) atoms. The SMILES string of the molecule is CC/C=C\C/C=C\C/C=C\C/C=C\C/C=C\CC(=O)OC(COC(=O)CCCCCCCC/C=C\C/C=C\C/C=C\C/C=C\CC)COP(=O)(O)OCC(O)COP(=O)(O)OCC(COC(=O)CCCCCCC/C=C\C/C=C\C/C=C\CC)OC(=O)CCCCCCC/C=C\C/C=C\C/C=C\CC. The Hall–Kier alpha value is -5.84. The first kappa shape index (κ1) is 98.2. The van der Waals surface area contributed by atoms with Gasteiger partial charge in [-0.15, -0.1) is 0 Å². The topological polar surface area (TPSA) is 237 Å². The molecule has 0 aliphatic rings. The molecule has 5 unspecified atom stereocenters. The summed E-state index contributed by atoms with van der Waals surface area (Å²) < 4.78 is 68.4. The molecule has 0 aliphatic carbocycles. The maximum atomic E-state index is 13.1. The molecule has 0 spiro atoms. The first-order valence-electron chi connectivity index (χ1n) is 39.0. The van der Waals surface area contributed by atoms with E-state index in [4.69, 9.17) is 37.0 Å². The Kier molecular flexibility index (Phi) is 71.2. The average molecular weight is 1490 g/mol. The van der Waals surface area contributed by atoms with Crippen molar-refractivity contribution in [3.63, 3.8) is 0 Å². The van der Waals surface area contributed by atoms with Crippen LogP contribution in [0.2, 0.25) is 0 Å². The predicted molar refractivity (Wildman–Crippen MR) is 426 cm³/mol. The molecule has 0 rings (SSSR count). The fraction of sp³-hybridized carbons (Fsp3) is 0.600. The number of unbranched alkanes of at least 4 members (excludes halogenated alkanes) is 16. The molecule has 0 heterocycles. The summed E-state index contributed by atoms with van der Waals surface area (Å²) in [5.41, 5.74) is 0. The van der Waals surface area contributed by atoms with Crippen LogP contribution in [0.5, 0.6) is 0 Å². The minimum absolute atomic E-state index is 0.0622. The van der Waals surface area contributed by atoms with E-state index in [1.807, 2.05) is 12.2 Å². The third-order valence-corrected chi connectivity index (χ3v) is 17.3. The van der Waals surface area contributed by atoms with Crippen molar-refractivity contribution in [3.8, 4) is 0 Å². The molecule has 0 aromatic heterocycles. The van der Waals surface area contributed by atoms with E-state index in [1.165, 1.54) is 0 Å². The van der Waals surface area contributed by atoms with Gasteiger partial charge >= 0.3 is 39.5 Å².